The van der Waals surface area contributed by atoms with Gasteiger partial charge < -0.3 is 24.8 Å². The molecule has 8 heteroatoms. The van der Waals surface area contributed by atoms with Crippen molar-refractivity contribution in [3.05, 3.63) is 70.4 Å². The van der Waals surface area contributed by atoms with Gasteiger partial charge in [0.05, 0.1) is 38.5 Å². The van der Waals surface area contributed by atoms with Gasteiger partial charge in [0.1, 0.15) is 0 Å². The Bertz CT molecular complexity index is 1100. The first-order chi connectivity index (χ1) is 16.5. The van der Waals surface area contributed by atoms with E-state index < -0.39 is 12.0 Å². The van der Waals surface area contributed by atoms with Crippen molar-refractivity contribution in [2.45, 2.75) is 32.4 Å². The van der Waals surface area contributed by atoms with Crippen LogP contribution in [0.5, 0.6) is 11.5 Å². The van der Waals surface area contributed by atoms with Crippen LogP contribution >= 0.6 is 0 Å². The van der Waals surface area contributed by atoms with Crippen molar-refractivity contribution < 1.29 is 23.8 Å². The Hall–Kier alpha value is -3.52. The fourth-order valence-electron chi connectivity index (χ4n) is 4.80. The third-order valence-corrected chi connectivity index (χ3v) is 6.32. The quantitative estimate of drug-likeness (QED) is 0.611. The molecule has 2 heterocycles. The summed E-state index contributed by atoms with van der Waals surface area (Å²) in [4.78, 5) is 27.3. The van der Waals surface area contributed by atoms with E-state index in [0.29, 0.717) is 29.3 Å². The zero-order chi connectivity index (χ0) is 24.2. The smallest absolute Gasteiger partial charge is 0.337 e. The Balaban J connectivity index is 1.79. The standard InChI is InChI=1S/C26H31N3O5/c1-5-34-25(30)23-16(2)27-26(31)28-20(23)15-29-12-11-18-13-21(32-3)22(33-4)14-19(18)24(29)17-9-7-6-8-10-17/h6-10,13-14,16,24H,5,11-12,15H2,1-4H3,(H2,27,28,31). The van der Waals surface area contributed by atoms with Crippen LogP contribution in [0.3, 0.4) is 0 Å². The van der Waals surface area contributed by atoms with Gasteiger partial charge in [-0.1, -0.05) is 30.3 Å². The van der Waals surface area contributed by atoms with E-state index in [1.54, 1.807) is 28.1 Å². The molecule has 34 heavy (non-hydrogen) atoms. The van der Waals surface area contributed by atoms with Gasteiger partial charge >= 0.3 is 12.0 Å². The lowest BCUT2D eigenvalue weighted by molar-refractivity contribution is -0.139. The summed E-state index contributed by atoms with van der Waals surface area (Å²) in [6.07, 6.45) is 0.794. The number of benzene rings is 2. The largest absolute Gasteiger partial charge is 0.493 e. The first-order valence-corrected chi connectivity index (χ1v) is 11.5. The van der Waals surface area contributed by atoms with Gasteiger partial charge in [0, 0.05) is 18.8 Å². The average Bonchev–Trinajstić information content (AvgIpc) is 2.83. The number of ether oxygens (including phenoxy) is 3. The van der Waals surface area contributed by atoms with Crippen LogP contribution in [0, 0.1) is 0 Å². The van der Waals surface area contributed by atoms with Gasteiger partial charge in [0.2, 0.25) is 0 Å². The molecule has 2 N–H and O–H groups in total. The fraction of sp³-hybridized carbons (Fsp3) is 0.385. The third kappa shape index (κ3) is 4.59. The molecule has 8 nitrogen and oxygen atoms in total. The van der Waals surface area contributed by atoms with Gasteiger partial charge in [-0.05, 0) is 49.1 Å². The van der Waals surface area contributed by atoms with Crippen LogP contribution in [-0.2, 0) is 16.0 Å². The lowest BCUT2D eigenvalue weighted by atomic mass is 9.87. The molecule has 2 unspecified atom stereocenters. The first-order valence-electron chi connectivity index (χ1n) is 11.5. The van der Waals surface area contributed by atoms with Crippen LogP contribution in [0.25, 0.3) is 0 Å². The number of carbonyl (C=O) groups excluding carboxylic acids is 2. The number of rotatable bonds is 7. The van der Waals surface area contributed by atoms with Gasteiger partial charge in [-0.15, -0.1) is 0 Å². The summed E-state index contributed by atoms with van der Waals surface area (Å²) < 4.78 is 16.4. The zero-order valence-corrected chi connectivity index (χ0v) is 20.0. The molecule has 2 aromatic rings. The molecule has 0 saturated carbocycles. The number of amides is 2. The summed E-state index contributed by atoms with van der Waals surface area (Å²) >= 11 is 0. The van der Waals surface area contributed by atoms with Crippen LogP contribution < -0.4 is 20.1 Å². The van der Waals surface area contributed by atoms with Crippen molar-refractivity contribution in [1.29, 1.82) is 0 Å². The molecule has 2 aliphatic heterocycles. The highest BCUT2D eigenvalue weighted by Gasteiger charge is 2.35. The van der Waals surface area contributed by atoms with E-state index in [-0.39, 0.29) is 18.7 Å². The van der Waals surface area contributed by atoms with E-state index in [2.05, 4.69) is 27.7 Å². The highest BCUT2D eigenvalue weighted by Crippen LogP contribution is 2.41. The monoisotopic (exact) mass is 465 g/mol. The SMILES string of the molecule is CCOC(=O)C1=C(CN2CCc3cc(OC)c(OC)cc3C2c2ccccc2)NC(=O)NC1C. The number of fused-ring (bicyclic) bond motifs is 1. The minimum atomic E-state index is -0.445. The number of nitrogens with zero attached hydrogens (tertiary/aromatic N) is 1. The van der Waals surface area contributed by atoms with Crippen LogP contribution in [-0.4, -0.2) is 56.9 Å². The predicted molar refractivity (Wildman–Crippen MR) is 128 cm³/mol. The molecule has 0 spiro atoms. The number of hydrogen-bond acceptors (Lipinski definition) is 6. The summed E-state index contributed by atoms with van der Waals surface area (Å²) in [5, 5.41) is 5.63. The van der Waals surface area contributed by atoms with Crippen molar-refractivity contribution in [2.24, 2.45) is 0 Å². The molecule has 2 aromatic carbocycles. The van der Waals surface area contributed by atoms with E-state index in [0.717, 1.165) is 24.1 Å². The van der Waals surface area contributed by atoms with Crippen molar-refractivity contribution in [1.82, 2.24) is 15.5 Å². The Morgan fingerprint density at radius 2 is 1.82 bits per heavy atom. The molecule has 2 aliphatic rings. The van der Waals surface area contributed by atoms with Crippen molar-refractivity contribution in [3.63, 3.8) is 0 Å². The Labute approximate surface area is 199 Å². The predicted octanol–water partition coefficient (Wildman–Crippen LogP) is 3.17. The zero-order valence-electron chi connectivity index (χ0n) is 20.0. The molecule has 2 atom stereocenters. The normalized spacial score (nSPS) is 20.2. The maximum absolute atomic E-state index is 12.8. The van der Waals surface area contributed by atoms with Crippen LogP contribution in [0.15, 0.2) is 53.7 Å². The number of esters is 1. The van der Waals surface area contributed by atoms with Gasteiger partial charge in [-0.3, -0.25) is 4.90 Å². The van der Waals surface area contributed by atoms with Crippen LogP contribution in [0.2, 0.25) is 0 Å². The minimum Gasteiger partial charge on any atom is -0.493 e. The van der Waals surface area contributed by atoms with Crippen molar-refractivity contribution in [2.75, 3.05) is 33.9 Å². The summed E-state index contributed by atoms with van der Waals surface area (Å²) in [6.45, 7) is 4.95. The minimum absolute atomic E-state index is 0.0946. The molecular weight excluding hydrogens is 434 g/mol. The second kappa shape index (κ2) is 10.2. The Morgan fingerprint density at radius 3 is 2.50 bits per heavy atom. The molecule has 0 fully saturated rings. The molecule has 0 bridgehead atoms. The second-order valence-electron chi connectivity index (χ2n) is 8.37. The molecule has 0 radical (unpaired) electrons. The summed E-state index contributed by atoms with van der Waals surface area (Å²) in [5.74, 6) is 0.949. The Kier molecular flexibility index (Phi) is 7.07. The van der Waals surface area contributed by atoms with Gasteiger partial charge in [0.25, 0.3) is 0 Å². The lowest BCUT2D eigenvalue weighted by Crippen LogP contribution is -2.52. The summed E-state index contributed by atoms with van der Waals surface area (Å²) in [5.41, 5.74) is 4.43. The molecule has 0 aliphatic carbocycles. The van der Waals surface area contributed by atoms with E-state index >= 15 is 0 Å². The fourth-order valence-corrected chi connectivity index (χ4v) is 4.80. The van der Waals surface area contributed by atoms with E-state index in [4.69, 9.17) is 14.2 Å². The van der Waals surface area contributed by atoms with Crippen LogP contribution in [0.1, 0.15) is 36.6 Å². The van der Waals surface area contributed by atoms with Gasteiger partial charge in [0.15, 0.2) is 11.5 Å². The lowest BCUT2D eigenvalue weighted by Gasteiger charge is -2.39. The first kappa shape index (κ1) is 23.6. The molecular formula is C26H31N3O5. The van der Waals surface area contributed by atoms with Crippen molar-refractivity contribution >= 4 is 12.0 Å². The highest BCUT2D eigenvalue weighted by molar-refractivity contribution is 5.94. The van der Waals surface area contributed by atoms with Gasteiger partial charge in [-0.25, -0.2) is 9.59 Å². The molecule has 4 rings (SSSR count). The molecule has 180 valence electrons. The summed E-state index contributed by atoms with van der Waals surface area (Å²) in [6, 6.07) is 13.4. The van der Waals surface area contributed by atoms with Gasteiger partial charge in [-0.2, -0.15) is 0 Å². The number of hydrogen-bond donors (Lipinski definition) is 2. The third-order valence-electron chi connectivity index (χ3n) is 6.32. The molecule has 0 aromatic heterocycles. The topological polar surface area (TPSA) is 89.1 Å². The van der Waals surface area contributed by atoms with E-state index in [1.807, 2.05) is 30.3 Å². The second-order valence-corrected chi connectivity index (χ2v) is 8.37. The summed E-state index contributed by atoms with van der Waals surface area (Å²) in [7, 11) is 3.27. The highest BCUT2D eigenvalue weighted by atomic mass is 16.5. The molecule has 2 amide bonds. The van der Waals surface area contributed by atoms with E-state index in [1.165, 1.54) is 5.56 Å². The Morgan fingerprint density at radius 1 is 1.12 bits per heavy atom. The maximum atomic E-state index is 12.8. The number of urea groups is 1. The van der Waals surface area contributed by atoms with Crippen LogP contribution in [0.4, 0.5) is 4.79 Å². The number of nitrogens with one attached hydrogen (secondary N) is 2. The maximum Gasteiger partial charge on any atom is 0.337 e. The number of methoxy groups -OCH3 is 2. The van der Waals surface area contributed by atoms with Crippen molar-refractivity contribution in [3.8, 4) is 11.5 Å². The molecule has 0 saturated heterocycles. The average molecular weight is 466 g/mol. The van der Waals surface area contributed by atoms with E-state index in [9.17, 15) is 9.59 Å². The number of carbonyl (C=O) groups is 2.